The smallest absolute Gasteiger partial charge is 0.258 e. The summed E-state index contributed by atoms with van der Waals surface area (Å²) in [5, 5.41) is 0.290. The van der Waals surface area contributed by atoms with Gasteiger partial charge in [0, 0.05) is 56.4 Å². The number of amides is 4. The van der Waals surface area contributed by atoms with E-state index < -0.39 is 48.0 Å². The molecule has 286 valence electrons. The van der Waals surface area contributed by atoms with Gasteiger partial charge in [0.1, 0.15) is 24.2 Å². The van der Waals surface area contributed by atoms with E-state index in [-0.39, 0.29) is 42.3 Å². The number of nitrogens with zero attached hydrogens (tertiary/aromatic N) is 4. The number of hydrogen-bond donors (Lipinski definition) is 2. The van der Waals surface area contributed by atoms with Crippen molar-refractivity contribution < 1.29 is 32.3 Å². The predicted octanol–water partition coefficient (Wildman–Crippen LogP) is 4.82. The summed E-state index contributed by atoms with van der Waals surface area (Å²) < 4.78 is 40.6. The lowest BCUT2D eigenvalue weighted by molar-refractivity contribution is -0.138. The second-order valence-electron chi connectivity index (χ2n) is 13.9. The van der Waals surface area contributed by atoms with Gasteiger partial charge in [0.25, 0.3) is 5.91 Å². The number of halogens is 4. The molecular formula is C39H48ClF3N6O4. The van der Waals surface area contributed by atoms with Crippen molar-refractivity contribution >= 4 is 40.9 Å². The van der Waals surface area contributed by atoms with Gasteiger partial charge in [-0.15, -0.1) is 0 Å². The van der Waals surface area contributed by atoms with Crippen LogP contribution < -0.4 is 16.4 Å². The second-order valence-corrected chi connectivity index (χ2v) is 14.3. The Morgan fingerprint density at radius 3 is 1.81 bits per heavy atom. The summed E-state index contributed by atoms with van der Waals surface area (Å²) in [6.45, 7) is 4.36. The van der Waals surface area contributed by atoms with Crippen LogP contribution >= 0.6 is 11.6 Å². The normalized spacial score (nSPS) is 19.1. The van der Waals surface area contributed by atoms with Crippen LogP contribution in [0.2, 0.25) is 5.02 Å². The van der Waals surface area contributed by atoms with Crippen LogP contribution in [0.25, 0.3) is 0 Å². The second kappa shape index (κ2) is 18.0. The van der Waals surface area contributed by atoms with E-state index in [0.717, 1.165) is 5.56 Å². The van der Waals surface area contributed by atoms with Gasteiger partial charge in [-0.3, -0.25) is 19.2 Å². The van der Waals surface area contributed by atoms with Crippen LogP contribution in [0, 0.1) is 12.7 Å². The van der Waals surface area contributed by atoms with Gasteiger partial charge in [0.15, 0.2) is 0 Å². The van der Waals surface area contributed by atoms with Crippen molar-refractivity contribution in [2.75, 3.05) is 52.2 Å². The topological polar surface area (TPSA) is 133 Å². The first-order valence-corrected chi connectivity index (χ1v) is 17.9. The first-order chi connectivity index (χ1) is 25.0. The maximum atomic E-state index is 13.8. The summed E-state index contributed by atoms with van der Waals surface area (Å²) in [6, 6.07) is 16.4. The fraction of sp³-hybridized carbons (Fsp3) is 0.436. The Balaban J connectivity index is 0.000000267. The van der Waals surface area contributed by atoms with Gasteiger partial charge in [-0.25, -0.2) is 13.2 Å². The molecule has 0 spiro atoms. The van der Waals surface area contributed by atoms with E-state index in [2.05, 4.69) is 0 Å². The number of aryl methyl sites for hydroxylation is 1. The fourth-order valence-electron chi connectivity index (χ4n) is 6.37. The van der Waals surface area contributed by atoms with E-state index in [1.807, 2.05) is 19.1 Å². The number of benzene rings is 3. The van der Waals surface area contributed by atoms with Crippen molar-refractivity contribution in [1.82, 2.24) is 14.7 Å². The van der Waals surface area contributed by atoms with E-state index in [4.69, 9.17) is 23.1 Å². The highest BCUT2D eigenvalue weighted by atomic mass is 35.5. The number of likely N-dealkylation sites (N-methyl/N-ethyl adjacent to an activating group) is 1. The quantitative estimate of drug-likeness (QED) is 0.322. The van der Waals surface area contributed by atoms with Crippen LogP contribution in [0.3, 0.4) is 0 Å². The molecule has 3 aromatic carbocycles. The summed E-state index contributed by atoms with van der Waals surface area (Å²) in [7, 11) is 4.88. The van der Waals surface area contributed by atoms with Gasteiger partial charge in [0.2, 0.25) is 17.7 Å². The number of anilines is 1. The molecule has 4 N–H and O–H groups in total. The summed E-state index contributed by atoms with van der Waals surface area (Å²) in [5.41, 5.74) is 15.3. The first-order valence-electron chi connectivity index (χ1n) is 17.5. The van der Waals surface area contributed by atoms with Gasteiger partial charge in [-0.2, -0.15) is 0 Å². The molecule has 0 saturated carbocycles. The minimum absolute atomic E-state index is 0.000261. The molecule has 53 heavy (non-hydrogen) atoms. The zero-order valence-corrected chi connectivity index (χ0v) is 31.4. The summed E-state index contributed by atoms with van der Waals surface area (Å²) in [6.07, 6.45) is -1.44. The third-order valence-electron chi connectivity index (χ3n) is 9.76. The molecule has 0 unspecified atom stereocenters. The van der Waals surface area contributed by atoms with E-state index in [0.29, 0.717) is 41.9 Å². The summed E-state index contributed by atoms with van der Waals surface area (Å²) >= 11 is 5.70. The first kappa shape index (κ1) is 41.3. The predicted molar refractivity (Wildman–Crippen MR) is 200 cm³/mol. The lowest BCUT2D eigenvalue weighted by Gasteiger charge is -2.29. The van der Waals surface area contributed by atoms with Crippen molar-refractivity contribution in [3.63, 3.8) is 0 Å². The molecule has 2 aliphatic heterocycles. The summed E-state index contributed by atoms with van der Waals surface area (Å²) in [4.78, 5) is 56.5. The molecule has 3 aromatic rings. The van der Waals surface area contributed by atoms with Gasteiger partial charge in [0.05, 0.1) is 25.0 Å². The maximum Gasteiger partial charge on any atom is 0.258 e. The highest BCUT2D eigenvalue weighted by molar-refractivity contribution is 6.30. The van der Waals surface area contributed by atoms with Crippen LogP contribution in [0.1, 0.15) is 58.6 Å². The van der Waals surface area contributed by atoms with Gasteiger partial charge < -0.3 is 31.1 Å². The van der Waals surface area contributed by atoms with E-state index in [1.165, 1.54) is 31.7 Å². The number of likely N-dealkylation sites (tertiary alicyclic amines) is 2. The molecule has 0 bridgehead atoms. The SMILES string of the molecule is C[C@@H](c1ccc(Cl)cc1F)[C@H](N)C(=O)N1CC[C@H](F)C1.Cc1ccc(C(=O)N(C)c2ccc([C@H](C(=O)N(C)C)[C@H](N)C(=O)N3CC[C@H](F)C3)cc2)cc1. The molecule has 10 nitrogen and oxygen atoms in total. The molecule has 0 aliphatic carbocycles. The van der Waals surface area contributed by atoms with Crippen molar-refractivity contribution in [1.29, 1.82) is 0 Å². The molecule has 5 rings (SSSR count). The molecule has 0 radical (unpaired) electrons. The third kappa shape index (κ3) is 10.2. The van der Waals surface area contributed by atoms with Gasteiger partial charge in [-0.05, 0) is 67.3 Å². The van der Waals surface area contributed by atoms with Crippen molar-refractivity contribution in [3.05, 3.63) is 99.8 Å². The number of rotatable bonds is 9. The lowest BCUT2D eigenvalue weighted by atomic mass is 9.89. The molecule has 2 aliphatic rings. The highest BCUT2D eigenvalue weighted by Gasteiger charge is 2.38. The average Bonchev–Trinajstić information content (AvgIpc) is 3.78. The zero-order chi connectivity index (χ0) is 39.1. The number of nitrogens with two attached hydrogens (primary N) is 2. The number of carbonyl (C=O) groups excluding carboxylic acids is 4. The van der Waals surface area contributed by atoms with Crippen LogP contribution in [0.4, 0.5) is 18.9 Å². The Bertz CT molecular complexity index is 1760. The largest absolute Gasteiger partial charge is 0.348 e. The average molecular weight is 757 g/mol. The van der Waals surface area contributed by atoms with E-state index in [9.17, 15) is 32.3 Å². The van der Waals surface area contributed by atoms with Crippen LogP contribution in [0.5, 0.6) is 0 Å². The van der Waals surface area contributed by atoms with Crippen molar-refractivity contribution in [2.45, 2.75) is 63.0 Å². The minimum Gasteiger partial charge on any atom is -0.348 e. The number of alkyl halides is 2. The van der Waals surface area contributed by atoms with Gasteiger partial charge >= 0.3 is 0 Å². The molecule has 4 amide bonds. The highest BCUT2D eigenvalue weighted by Crippen LogP contribution is 2.28. The molecule has 0 aromatic heterocycles. The van der Waals surface area contributed by atoms with E-state index in [1.54, 1.807) is 70.5 Å². The standard InChI is InChI=1S/C25H31FN4O3.C14H17ClF2N2O/c1-16-5-7-18(8-6-16)23(31)29(4)20-11-9-17(10-12-20)21(24(32)28(2)3)22(27)25(33)30-14-13-19(26)15-30;1-8(11-3-2-9(15)6-12(11)17)13(18)14(20)19-5-4-10(16)7-19/h5-12,19,21-22H,13-15,27H2,1-4H3;2-3,6,8,10,13H,4-5,7,18H2,1H3/t19-,21-,22-;8-,10-,13-/m00/s1. The Morgan fingerprint density at radius 1 is 0.811 bits per heavy atom. The van der Waals surface area contributed by atoms with Crippen LogP contribution in [-0.4, -0.2) is 110 Å². The van der Waals surface area contributed by atoms with E-state index >= 15 is 0 Å². The fourth-order valence-corrected chi connectivity index (χ4v) is 6.53. The number of hydrogen-bond acceptors (Lipinski definition) is 6. The molecule has 6 atom stereocenters. The monoisotopic (exact) mass is 756 g/mol. The lowest BCUT2D eigenvalue weighted by Crippen LogP contribution is -2.50. The molecule has 2 heterocycles. The molecular weight excluding hydrogens is 709 g/mol. The van der Waals surface area contributed by atoms with Crippen LogP contribution in [-0.2, 0) is 14.4 Å². The molecule has 2 saturated heterocycles. The number of carbonyl (C=O) groups is 4. The molecule has 2 fully saturated rings. The zero-order valence-electron chi connectivity index (χ0n) is 30.6. The van der Waals surface area contributed by atoms with Gasteiger partial charge in [-0.1, -0.05) is 54.4 Å². The Kier molecular flexibility index (Phi) is 14.1. The summed E-state index contributed by atoms with van der Waals surface area (Å²) in [5.74, 6) is -3.16. The Hall–Kier alpha value is -4.46. The maximum absolute atomic E-state index is 13.8. The minimum atomic E-state index is -1.14. The van der Waals surface area contributed by atoms with Crippen molar-refractivity contribution in [2.24, 2.45) is 11.5 Å². The Morgan fingerprint density at radius 2 is 1.34 bits per heavy atom. The molecule has 14 heteroatoms. The van der Waals surface area contributed by atoms with Crippen molar-refractivity contribution in [3.8, 4) is 0 Å². The van der Waals surface area contributed by atoms with Crippen LogP contribution in [0.15, 0.2) is 66.7 Å². The Labute approximate surface area is 313 Å². The third-order valence-corrected chi connectivity index (χ3v) is 9.99.